The molecule has 0 saturated heterocycles. The second kappa shape index (κ2) is 7.51. The third kappa shape index (κ3) is 2.77. The molecule has 1 aliphatic carbocycles. The summed E-state index contributed by atoms with van der Waals surface area (Å²) in [5.74, 6) is 0. The largest absolute Gasteiger partial charge is 0.0843 e. The summed E-state index contributed by atoms with van der Waals surface area (Å²) in [6.45, 7) is 0. The molecule has 1 heteroatoms. The lowest BCUT2D eigenvalue weighted by molar-refractivity contribution is 0.768. The van der Waals surface area contributed by atoms with E-state index in [2.05, 4.69) is 30.3 Å². The van der Waals surface area contributed by atoms with Gasteiger partial charge in [-0.3, -0.25) is 0 Å². The predicted molar refractivity (Wildman–Crippen MR) is 134 cm³/mol. The van der Waals surface area contributed by atoms with Crippen molar-refractivity contribution in [1.29, 1.82) is 0 Å². The van der Waals surface area contributed by atoms with Gasteiger partial charge in [-0.2, -0.15) is 0 Å². The van der Waals surface area contributed by atoms with E-state index in [-0.39, 0.29) is 29.7 Å². The Morgan fingerprint density at radius 2 is 1.19 bits per heavy atom. The number of rotatable bonds is 3. The highest BCUT2D eigenvalue weighted by atomic mass is 35.5. The Balaban J connectivity index is 1.64. The van der Waals surface area contributed by atoms with Crippen molar-refractivity contribution in [3.05, 3.63) is 155 Å². The van der Waals surface area contributed by atoms with Crippen LogP contribution >= 0.6 is 11.6 Å². The zero-order chi connectivity index (χ0) is 25.9. The molecule has 0 saturated carbocycles. The molecule has 0 unspecified atom stereocenters. The van der Waals surface area contributed by atoms with Gasteiger partial charge in [0.1, 0.15) is 0 Å². The molecule has 1 aliphatic rings. The highest BCUT2D eigenvalue weighted by Gasteiger charge is 2.45. The number of benzene rings is 5. The molecule has 0 atom stereocenters. The van der Waals surface area contributed by atoms with Crippen LogP contribution in [0.3, 0.4) is 0 Å². The highest BCUT2D eigenvalue weighted by molar-refractivity contribution is 6.30. The standard InChI is InChI=1S/C31H21Cl/c32-26-12-8-11-25(21-26)31(24-19-17-23(18-20-24)22-9-2-1-3-10-22)29-15-6-4-13-27(29)28-14-5-7-16-30(28)31/h1-21H/i1D,2D,3D,9D,10D. The third-order valence-corrected chi connectivity index (χ3v) is 6.55. The molecule has 5 aromatic rings. The van der Waals surface area contributed by atoms with Crippen LogP contribution in [0, 0.1) is 0 Å². The van der Waals surface area contributed by atoms with Gasteiger partial charge >= 0.3 is 0 Å². The van der Waals surface area contributed by atoms with Gasteiger partial charge in [0, 0.05) is 5.02 Å². The fourth-order valence-corrected chi connectivity index (χ4v) is 5.22. The number of fused-ring (bicyclic) bond motifs is 3. The van der Waals surface area contributed by atoms with Gasteiger partial charge in [-0.25, -0.2) is 0 Å². The smallest absolute Gasteiger partial charge is 0.0714 e. The van der Waals surface area contributed by atoms with E-state index in [0.717, 1.165) is 33.4 Å². The van der Waals surface area contributed by atoms with Gasteiger partial charge in [0.15, 0.2) is 0 Å². The lowest BCUT2D eigenvalue weighted by Crippen LogP contribution is -2.28. The molecule has 0 amide bonds. The molecule has 5 aromatic carbocycles. The fraction of sp³-hybridized carbons (Fsp3) is 0.0323. The van der Waals surface area contributed by atoms with Crippen molar-refractivity contribution in [1.82, 2.24) is 0 Å². The van der Waals surface area contributed by atoms with Crippen LogP contribution in [0.5, 0.6) is 0 Å². The van der Waals surface area contributed by atoms with Crippen molar-refractivity contribution in [2.45, 2.75) is 5.41 Å². The van der Waals surface area contributed by atoms with Gasteiger partial charge in [0.2, 0.25) is 0 Å². The van der Waals surface area contributed by atoms with E-state index in [1.165, 1.54) is 0 Å². The zero-order valence-corrected chi connectivity index (χ0v) is 17.9. The van der Waals surface area contributed by atoms with Crippen LogP contribution in [0.15, 0.2) is 127 Å². The first-order valence-electron chi connectivity index (χ1n) is 13.0. The Hall–Kier alpha value is -3.61. The highest BCUT2D eigenvalue weighted by Crippen LogP contribution is 2.56. The lowest BCUT2D eigenvalue weighted by atomic mass is 9.67. The summed E-state index contributed by atoms with van der Waals surface area (Å²) in [4.78, 5) is 0. The zero-order valence-electron chi connectivity index (χ0n) is 22.1. The topological polar surface area (TPSA) is 0 Å². The molecule has 152 valence electrons. The molecule has 0 radical (unpaired) electrons. The van der Waals surface area contributed by atoms with E-state index in [1.807, 2.05) is 66.7 Å². The van der Waals surface area contributed by atoms with Gasteiger partial charge < -0.3 is 0 Å². The van der Waals surface area contributed by atoms with Crippen LogP contribution in [-0.4, -0.2) is 0 Å². The first kappa shape index (κ1) is 14.5. The SMILES string of the molecule is [2H]c1c([2H])c([2H])c(-c2ccc(C3(c4cccc(Cl)c4)c4ccccc4-c4ccccc43)cc2)c([2H])c1[2H]. The molecule has 0 N–H and O–H groups in total. The van der Waals surface area contributed by atoms with Crippen molar-refractivity contribution in [2.24, 2.45) is 0 Å². The molecule has 0 bridgehead atoms. The van der Waals surface area contributed by atoms with E-state index in [9.17, 15) is 0 Å². The summed E-state index contributed by atoms with van der Waals surface area (Å²) in [6, 6.07) is 30.9. The number of hydrogen-bond acceptors (Lipinski definition) is 0. The van der Waals surface area contributed by atoms with Gasteiger partial charge in [0.05, 0.1) is 12.3 Å². The Labute approximate surface area is 200 Å². The van der Waals surface area contributed by atoms with Crippen molar-refractivity contribution in [3.8, 4) is 22.3 Å². The molecule has 0 aliphatic heterocycles. The second-order valence-corrected chi connectivity index (χ2v) is 8.37. The fourth-order valence-electron chi connectivity index (χ4n) is 5.03. The third-order valence-electron chi connectivity index (χ3n) is 6.32. The molecule has 0 fully saturated rings. The normalized spacial score (nSPS) is 15.6. The average Bonchev–Trinajstić information content (AvgIpc) is 3.23. The summed E-state index contributed by atoms with van der Waals surface area (Å²) in [5.41, 5.74) is 6.79. The van der Waals surface area contributed by atoms with Gasteiger partial charge in [-0.15, -0.1) is 0 Å². The molecule has 0 nitrogen and oxygen atoms in total. The summed E-state index contributed by atoms with van der Waals surface area (Å²) >= 11 is 6.52. The lowest BCUT2D eigenvalue weighted by Gasteiger charge is -2.34. The molecule has 6 rings (SSSR count). The number of hydrogen-bond donors (Lipinski definition) is 0. The molecule has 32 heavy (non-hydrogen) atoms. The minimum atomic E-state index is -0.629. The van der Waals surface area contributed by atoms with Crippen LogP contribution in [-0.2, 0) is 5.41 Å². The Kier molecular flexibility index (Phi) is 3.39. The monoisotopic (exact) mass is 433 g/mol. The summed E-state index contributed by atoms with van der Waals surface area (Å²) in [6.07, 6.45) is 0. The first-order valence-corrected chi connectivity index (χ1v) is 10.9. The first-order chi connectivity index (χ1) is 17.9. The van der Waals surface area contributed by atoms with Crippen molar-refractivity contribution in [3.63, 3.8) is 0 Å². The summed E-state index contributed by atoms with van der Waals surface area (Å²) < 4.78 is 40.8. The van der Waals surface area contributed by atoms with Crippen LogP contribution in [0.4, 0.5) is 0 Å². The minimum absolute atomic E-state index is 0.196. The van der Waals surface area contributed by atoms with Crippen molar-refractivity contribution in [2.75, 3.05) is 0 Å². The van der Waals surface area contributed by atoms with E-state index in [0.29, 0.717) is 10.6 Å². The second-order valence-electron chi connectivity index (χ2n) is 7.93. The Morgan fingerprint density at radius 1 is 0.562 bits per heavy atom. The Bertz CT molecular complexity index is 1620. The van der Waals surface area contributed by atoms with Gasteiger partial charge in [0.25, 0.3) is 0 Å². The maximum atomic E-state index is 8.40. The van der Waals surface area contributed by atoms with E-state index >= 15 is 0 Å². The van der Waals surface area contributed by atoms with E-state index in [4.69, 9.17) is 18.5 Å². The van der Waals surface area contributed by atoms with Crippen LogP contribution in [0.1, 0.15) is 29.1 Å². The molecule has 0 aromatic heterocycles. The summed E-state index contributed by atoms with van der Waals surface area (Å²) in [5, 5.41) is 0.648. The molecule has 0 spiro atoms. The predicted octanol–water partition coefficient (Wildman–Crippen LogP) is 8.37. The molecular weight excluding hydrogens is 408 g/mol. The maximum Gasteiger partial charge on any atom is 0.0714 e. The summed E-state index contributed by atoms with van der Waals surface area (Å²) in [7, 11) is 0. The van der Waals surface area contributed by atoms with Crippen molar-refractivity contribution >= 4 is 11.6 Å². The van der Waals surface area contributed by atoms with Crippen molar-refractivity contribution < 1.29 is 6.85 Å². The minimum Gasteiger partial charge on any atom is -0.0843 e. The quantitative estimate of drug-likeness (QED) is 0.263. The average molecular weight is 434 g/mol. The Morgan fingerprint density at radius 3 is 1.81 bits per heavy atom. The van der Waals surface area contributed by atoms with E-state index < -0.39 is 11.5 Å². The number of halogens is 1. The molecular formula is C31H21Cl. The molecule has 0 heterocycles. The maximum absolute atomic E-state index is 8.40. The van der Waals surface area contributed by atoms with Gasteiger partial charge in [-0.05, 0) is 56.6 Å². The van der Waals surface area contributed by atoms with Crippen LogP contribution < -0.4 is 0 Å². The van der Waals surface area contributed by atoms with Crippen LogP contribution in [0.25, 0.3) is 22.3 Å². The van der Waals surface area contributed by atoms with E-state index in [1.54, 1.807) is 0 Å². The van der Waals surface area contributed by atoms with Gasteiger partial charge in [-0.1, -0.05) is 127 Å². The van der Waals surface area contributed by atoms with Crippen LogP contribution in [0.2, 0.25) is 5.02 Å².